The second-order valence-electron chi connectivity index (χ2n) is 4.61. The lowest BCUT2D eigenvalue weighted by Crippen LogP contribution is -2.35. The van der Waals surface area contributed by atoms with Crippen molar-refractivity contribution < 1.29 is 14.6 Å². The van der Waals surface area contributed by atoms with Gasteiger partial charge in [-0.25, -0.2) is 0 Å². The van der Waals surface area contributed by atoms with E-state index < -0.39 is 0 Å². The van der Waals surface area contributed by atoms with Gasteiger partial charge in [-0.3, -0.25) is 0 Å². The molecule has 2 aliphatic rings. The smallest absolute Gasteiger partial charge is 0.169 e. The maximum atomic E-state index is 9.14. The maximum absolute atomic E-state index is 9.14. The summed E-state index contributed by atoms with van der Waals surface area (Å²) < 4.78 is 11.7. The molecule has 1 heterocycles. The fourth-order valence-corrected chi connectivity index (χ4v) is 2.36. The first-order valence-corrected chi connectivity index (χ1v) is 5.07. The monoisotopic (exact) mass is 186 g/mol. The van der Waals surface area contributed by atoms with E-state index in [0.717, 1.165) is 12.8 Å². The predicted molar refractivity (Wildman–Crippen MR) is 48.3 cm³/mol. The normalized spacial score (nSPS) is 35.8. The van der Waals surface area contributed by atoms with Crippen molar-refractivity contribution in [1.82, 2.24) is 0 Å². The van der Waals surface area contributed by atoms with Crippen molar-refractivity contribution in [3.8, 4) is 0 Å². The molecule has 1 saturated heterocycles. The Labute approximate surface area is 79.0 Å². The van der Waals surface area contributed by atoms with Crippen LogP contribution in [0.4, 0.5) is 0 Å². The first-order chi connectivity index (χ1) is 6.08. The highest BCUT2D eigenvalue weighted by atomic mass is 16.8. The number of hydrogen-bond donors (Lipinski definition) is 1. The molecule has 1 atom stereocenters. The van der Waals surface area contributed by atoms with Gasteiger partial charge >= 0.3 is 0 Å². The summed E-state index contributed by atoms with van der Waals surface area (Å²) in [6.45, 7) is 4.02. The average molecular weight is 186 g/mol. The molecule has 0 aromatic carbocycles. The molecule has 1 spiro atoms. The van der Waals surface area contributed by atoms with Gasteiger partial charge in [0.05, 0.1) is 12.2 Å². The van der Waals surface area contributed by atoms with Gasteiger partial charge in [0.2, 0.25) is 0 Å². The highest BCUT2D eigenvalue weighted by Crippen LogP contribution is 2.45. The summed E-state index contributed by atoms with van der Waals surface area (Å²) in [6, 6.07) is 0. The second kappa shape index (κ2) is 2.94. The van der Waals surface area contributed by atoms with Gasteiger partial charge in [-0.1, -0.05) is 0 Å². The highest BCUT2D eigenvalue weighted by molar-refractivity contribution is 4.94. The molecular formula is C10H18O3. The van der Waals surface area contributed by atoms with E-state index >= 15 is 0 Å². The van der Waals surface area contributed by atoms with E-state index in [4.69, 9.17) is 14.6 Å². The Morgan fingerprint density at radius 2 is 1.92 bits per heavy atom. The van der Waals surface area contributed by atoms with Crippen molar-refractivity contribution in [3.05, 3.63) is 0 Å². The molecule has 0 aromatic rings. The van der Waals surface area contributed by atoms with Gasteiger partial charge in [0.15, 0.2) is 5.79 Å². The maximum Gasteiger partial charge on any atom is 0.169 e. The fraction of sp³-hybridized carbons (Fsp3) is 1.00. The van der Waals surface area contributed by atoms with E-state index in [-0.39, 0.29) is 24.1 Å². The van der Waals surface area contributed by atoms with Crippen LogP contribution in [0.1, 0.15) is 39.5 Å². The van der Waals surface area contributed by atoms with E-state index in [9.17, 15) is 0 Å². The van der Waals surface area contributed by atoms with Crippen molar-refractivity contribution in [2.75, 3.05) is 6.61 Å². The molecule has 2 rings (SSSR count). The Kier molecular flexibility index (Phi) is 2.13. The van der Waals surface area contributed by atoms with Crippen LogP contribution in [0.15, 0.2) is 0 Å². The third-order valence-electron chi connectivity index (χ3n) is 3.11. The van der Waals surface area contributed by atoms with E-state index in [1.165, 1.54) is 12.8 Å². The summed E-state index contributed by atoms with van der Waals surface area (Å²) in [4.78, 5) is 0. The third-order valence-corrected chi connectivity index (χ3v) is 3.11. The predicted octanol–water partition coefficient (Wildman–Crippen LogP) is 1.44. The van der Waals surface area contributed by atoms with E-state index in [1.54, 1.807) is 0 Å². The summed E-state index contributed by atoms with van der Waals surface area (Å²) in [5, 5.41) is 9.14. The molecule has 1 N–H and O–H groups in total. The lowest BCUT2D eigenvalue weighted by molar-refractivity contribution is -0.180. The van der Waals surface area contributed by atoms with Crippen molar-refractivity contribution in [1.29, 1.82) is 0 Å². The standard InChI is InChI=1S/C10H18O3/c1-9(2)8(7-11)12-10(13-9)5-3-4-6-10/h8,11H,3-7H2,1-2H3/t8-/m0/s1. The number of ether oxygens (including phenoxy) is 2. The summed E-state index contributed by atoms with van der Waals surface area (Å²) >= 11 is 0. The molecule has 1 aliphatic heterocycles. The van der Waals surface area contributed by atoms with E-state index in [0.29, 0.717) is 0 Å². The first kappa shape index (κ1) is 9.44. The summed E-state index contributed by atoms with van der Waals surface area (Å²) in [5.41, 5.74) is -0.334. The van der Waals surface area contributed by atoms with Crippen molar-refractivity contribution in [2.24, 2.45) is 0 Å². The zero-order valence-corrected chi connectivity index (χ0v) is 8.38. The summed E-state index contributed by atoms with van der Waals surface area (Å²) in [7, 11) is 0. The molecule has 0 amide bonds. The van der Waals surface area contributed by atoms with Gasteiger partial charge in [-0.05, 0) is 26.7 Å². The molecular weight excluding hydrogens is 168 g/mol. The lowest BCUT2D eigenvalue weighted by atomic mass is 10.0. The Morgan fingerprint density at radius 1 is 1.31 bits per heavy atom. The Hall–Kier alpha value is -0.120. The van der Waals surface area contributed by atoms with Crippen LogP contribution in [0.25, 0.3) is 0 Å². The zero-order chi connectivity index (χ0) is 9.53. The largest absolute Gasteiger partial charge is 0.394 e. The van der Waals surface area contributed by atoms with Crippen LogP contribution in [0.2, 0.25) is 0 Å². The van der Waals surface area contributed by atoms with Gasteiger partial charge in [-0.2, -0.15) is 0 Å². The minimum absolute atomic E-state index is 0.0503. The molecule has 0 radical (unpaired) electrons. The Morgan fingerprint density at radius 3 is 2.38 bits per heavy atom. The van der Waals surface area contributed by atoms with Gasteiger partial charge in [-0.15, -0.1) is 0 Å². The van der Waals surface area contributed by atoms with E-state index in [1.807, 2.05) is 13.8 Å². The molecule has 1 aliphatic carbocycles. The number of aliphatic hydroxyl groups is 1. The molecule has 2 fully saturated rings. The van der Waals surface area contributed by atoms with Crippen molar-refractivity contribution in [3.63, 3.8) is 0 Å². The van der Waals surface area contributed by atoms with Crippen molar-refractivity contribution >= 4 is 0 Å². The van der Waals surface area contributed by atoms with Gasteiger partial charge in [0, 0.05) is 12.8 Å². The van der Waals surface area contributed by atoms with Gasteiger partial charge in [0.1, 0.15) is 6.10 Å². The fourth-order valence-electron chi connectivity index (χ4n) is 2.36. The SMILES string of the molecule is CC1(C)OC2(CCCC2)O[C@H]1CO. The highest BCUT2D eigenvalue weighted by Gasteiger charge is 2.52. The minimum atomic E-state index is -0.364. The third kappa shape index (κ3) is 1.49. The van der Waals surface area contributed by atoms with Crippen LogP contribution in [0, 0.1) is 0 Å². The van der Waals surface area contributed by atoms with Crippen LogP contribution in [-0.2, 0) is 9.47 Å². The van der Waals surface area contributed by atoms with Crippen LogP contribution >= 0.6 is 0 Å². The minimum Gasteiger partial charge on any atom is -0.394 e. The molecule has 13 heavy (non-hydrogen) atoms. The Balaban J connectivity index is 2.12. The number of hydrogen-bond acceptors (Lipinski definition) is 3. The molecule has 3 nitrogen and oxygen atoms in total. The topological polar surface area (TPSA) is 38.7 Å². The van der Waals surface area contributed by atoms with Crippen LogP contribution in [-0.4, -0.2) is 29.2 Å². The second-order valence-corrected chi connectivity index (χ2v) is 4.61. The number of aliphatic hydroxyl groups excluding tert-OH is 1. The number of rotatable bonds is 1. The molecule has 1 saturated carbocycles. The van der Waals surface area contributed by atoms with Crippen molar-refractivity contribution in [2.45, 2.75) is 57.0 Å². The molecule has 0 aromatic heterocycles. The molecule has 0 unspecified atom stereocenters. The van der Waals surface area contributed by atoms with Gasteiger partial charge < -0.3 is 14.6 Å². The Bertz CT molecular complexity index is 194. The van der Waals surface area contributed by atoms with Crippen LogP contribution in [0.5, 0.6) is 0 Å². The average Bonchev–Trinajstić information content (AvgIpc) is 2.57. The zero-order valence-electron chi connectivity index (χ0n) is 8.38. The molecule has 3 heteroatoms. The quantitative estimate of drug-likeness (QED) is 0.673. The van der Waals surface area contributed by atoms with Crippen LogP contribution in [0.3, 0.4) is 0 Å². The lowest BCUT2D eigenvalue weighted by Gasteiger charge is -2.24. The van der Waals surface area contributed by atoms with E-state index in [2.05, 4.69) is 0 Å². The summed E-state index contributed by atoms with van der Waals surface area (Å²) in [6.07, 6.45) is 4.15. The molecule has 0 bridgehead atoms. The summed E-state index contributed by atoms with van der Waals surface area (Å²) in [5.74, 6) is -0.364. The van der Waals surface area contributed by atoms with Crippen LogP contribution < -0.4 is 0 Å². The first-order valence-electron chi connectivity index (χ1n) is 5.07. The van der Waals surface area contributed by atoms with Gasteiger partial charge in [0.25, 0.3) is 0 Å². The molecule has 76 valence electrons.